The molecule has 1 N–H and O–H groups in total. The molecular formula is C5H10N2O3. The molecule has 0 fully saturated rings. The summed E-state index contributed by atoms with van der Waals surface area (Å²) in [5.74, 6) is 0. The summed E-state index contributed by atoms with van der Waals surface area (Å²) in [6.07, 6.45) is 0.814. The summed E-state index contributed by atoms with van der Waals surface area (Å²) in [7, 11) is 1.43. The Hall–Kier alpha value is -1.10. The number of carbonyl (C=O) groups excluding carboxylic acids is 1. The molecule has 0 radical (unpaired) electrons. The van der Waals surface area contributed by atoms with Crippen molar-refractivity contribution in [2.24, 2.45) is 5.10 Å². The Bertz CT molecular complexity index is 124. The van der Waals surface area contributed by atoms with Crippen molar-refractivity contribution in [1.82, 2.24) is 5.43 Å². The van der Waals surface area contributed by atoms with Crippen molar-refractivity contribution in [3.63, 3.8) is 0 Å². The predicted molar refractivity (Wildman–Crippen MR) is 35.7 cm³/mol. The zero-order chi connectivity index (χ0) is 7.82. The minimum absolute atomic E-state index is 0.0644. The molecule has 58 valence electrons. The van der Waals surface area contributed by atoms with Crippen LogP contribution < -0.4 is 5.43 Å². The lowest BCUT2D eigenvalue weighted by Gasteiger charge is -1.99. The molecule has 0 aliphatic carbocycles. The summed E-state index contributed by atoms with van der Waals surface area (Å²) in [6.45, 7) is 1.61. The standard InChI is InChI=1S/C5H10N2O3/c1-3-6-7-5(8)10-4-9-2/h3H,4H2,1-2H3,(H,7,8). The summed E-state index contributed by atoms with van der Waals surface area (Å²) >= 11 is 0. The van der Waals surface area contributed by atoms with E-state index >= 15 is 0 Å². The number of nitrogens with one attached hydrogen (secondary N) is 1. The van der Waals surface area contributed by atoms with Crippen molar-refractivity contribution in [2.45, 2.75) is 6.92 Å². The SMILES string of the molecule is CC=NNC(=O)OCOC. The molecule has 10 heavy (non-hydrogen) atoms. The van der Waals surface area contributed by atoms with Gasteiger partial charge in [0.05, 0.1) is 0 Å². The van der Waals surface area contributed by atoms with Gasteiger partial charge in [-0.05, 0) is 6.92 Å². The van der Waals surface area contributed by atoms with Gasteiger partial charge < -0.3 is 9.47 Å². The fourth-order valence-corrected chi connectivity index (χ4v) is 0.262. The minimum atomic E-state index is -0.625. The zero-order valence-electron chi connectivity index (χ0n) is 5.96. The molecule has 1 amide bonds. The molecule has 0 saturated carbocycles. The second kappa shape index (κ2) is 6.03. The Kier molecular flexibility index (Phi) is 5.36. The van der Waals surface area contributed by atoms with Crippen LogP contribution in [0.4, 0.5) is 4.79 Å². The number of amides is 1. The zero-order valence-corrected chi connectivity index (χ0v) is 5.96. The summed E-state index contributed by atoms with van der Waals surface area (Å²) in [4.78, 5) is 10.4. The molecule has 0 bridgehead atoms. The second-order valence-electron chi connectivity index (χ2n) is 1.34. The first-order valence-electron chi connectivity index (χ1n) is 2.70. The van der Waals surface area contributed by atoms with E-state index in [2.05, 4.69) is 20.0 Å². The van der Waals surface area contributed by atoms with Crippen molar-refractivity contribution in [3.05, 3.63) is 0 Å². The molecule has 0 heterocycles. The molecule has 0 spiro atoms. The molecule has 5 heteroatoms. The van der Waals surface area contributed by atoms with Crippen LogP contribution in [0, 0.1) is 0 Å². The van der Waals surface area contributed by atoms with E-state index in [0.29, 0.717) is 0 Å². The Labute approximate surface area is 59.0 Å². The van der Waals surface area contributed by atoms with Gasteiger partial charge in [0.2, 0.25) is 0 Å². The van der Waals surface area contributed by atoms with E-state index in [4.69, 9.17) is 0 Å². The molecule has 0 saturated heterocycles. The molecule has 0 unspecified atom stereocenters. The summed E-state index contributed by atoms with van der Waals surface area (Å²) in [5, 5.41) is 3.42. The second-order valence-corrected chi connectivity index (χ2v) is 1.34. The first kappa shape index (κ1) is 8.90. The first-order valence-corrected chi connectivity index (χ1v) is 2.70. The van der Waals surface area contributed by atoms with Gasteiger partial charge in [-0.15, -0.1) is 0 Å². The maximum atomic E-state index is 10.4. The van der Waals surface area contributed by atoms with E-state index in [1.165, 1.54) is 13.3 Å². The van der Waals surface area contributed by atoms with Crippen molar-refractivity contribution in [1.29, 1.82) is 0 Å². The Balaban J connectivity index is 3.25. The molecule has 5 nitrogen and oxygen atoms in total. The van der Waals surface area contributed by atoms with Crippen LogP contribution in [-0.2, 0) is 9.47 Å². The molecule has 0 rings (SSSR count). The van der Waals surface area contributed by atoms with E-state index in [1.54, 1.807) is 6.92 Å². The number of nitrogens with zero attached hydrogens (tertiary/aromatic N) is 1. The van der Waals surface area contributed by atoms with Gasteiger partial charge in [0, 0.05) is 13.3 Å². The molecule has 0 aromatic heterocycles. The van der Waals surface area contributed by atoms with Gasteiger partial charge in [-0.25, -0.2) is 10.2 Å². The number of methoxy groups -OCH3 is 1. The number of hydrazone groups is 1. The smallest absolute Gasteiger partial charge is 0.421 e. The highest BCUT2D eigenvalue weighted by atomic mass is 16.7. The Morgan fingerprint density at radius 1 is 1.80 bits per heavy atom. The summed E-state index contributed by atoms with van der Waals surface area (Å²) < 4.78 is 8.86. The molecule has 0 aromatic rings. The van der Waals surface area contributed by atoms with Gasteiger partial charge in [-0.1, -0.05) is 0 Å². The van der Waals surface area contributed by atoms with Gasteiger partial charge in [0.25, 0.3) is 0 Å². The van der Waals surface area contributed by atoms with Crippen LogP contribution >= 0.6 is 0 Å². The monoisotopic (exact) mass is 146 g/mol. The lowest BCUT2D eigenvalue weighted by atomic mass is 10.9. The molecule has 0 aliphatic heterocycles. The van der Waals surface area contributed by atoms with E-state index in [0.717, 1.165) is 0 Å². The topological polar surface area (TPSA) is 59.9 Å². The van der Waals surface area contributed by atoms with E-state index in [-0.39, 0.29) is 6.79 Å². The van der Waals surface area contributed by atoms with E-state index in [9.17, 15) is 4.79 Å². The van der Waals surface area contributed by atoms with Crippen molar-refractivity contribution in [3.8, 4) is 0 Å². The minimum Gasteiger partial charge on any atom is -0.421 e. The number of carbonyl (C=O) groups is 1. The van der Waals surface area contributed by atoms with Crippen LogP contribution in [0.15, 0.2) is 5.10 Å². The normalized spacial score (nSPS) is 9.80. The fraction of sp³-hybridized carbons (Fsp3) is 0.600. The Morgan fingerprint density at radius 3 is 3.00 bits per heavy atom. The highest BCUT2D eigenvalue weighted by Crippen LogP contribution is 1.76. The van der Waals surface area contributed by atoms with Gasteiger partial charge in [-0.2, -0.15) is 5.10 Å². The van der Waals surface area contributed by atoms with Gasteiger partial charge >= 0.3 is 6.09 Å². The van der Waals surface area contributed by atoms with Crippen molar-refractivity contribution in [2.75, 3.05) is 13.9 Å². The molecule has 0 atom stereocenters. The lowest BCUT2D eigenvalue weighted by Crippen LogP contribution is -2.19. The third kappa shape index (κ3) is 5.04. The van der Waals surface area contributed by atoms with Gasteiger partial charge in [-0.3, -0.25) is 0 Å². The summed E-state index contributed by atoms with van der Waals surface area (Å²) in [5.41, 5.74) is 2.10. The average Bonchev–Trinajstić information content (AvgIpc) is 1.97. The van der Waals surface area contributed by atoms with E-state index in [1.807, 2.05) is 0 Å². The molecular weight excluding hydrogens is 136 g/mol. The lowest BCUT2D eigenvalue weighted by molar-refractivity contribution is 0.0121. The van der Waals surface area contributed by atoms with Crippen LogP contribution in [0.3, 0.4) is 0 Å². The predicted octanol–water partition coefficient (Wildman–Crippen LogP) is 0.322. The Morgan fingerprint density at radius 2 is 2.50 bits per heavy atom. The third-order valence-corrected chi connectivity index (χ3v) is 0.593. The molecule has 0 aromatic carbocycles. The van der Waals surface area contributed by atoms with Gasteiger partial charge in [0.1, 0.15) is 0 Å². The van der Waals surface area contributed by atoms with Crippen LogP contribution in [-0.4, -0.2) is 26.2 Å². The number of rotatable bonds is 3. The quantitative estimate of drug-likeness (QED) is 0.354. The summed E-state index contributed by atoms with van der Waals surface area (Å²) in [6, 6.07) is 0. The van der Waals surface area contributed by atoms with Crippen LogP contribution in [0.25, 0.3) is 0 Å². The largest absolute Gasteiger partial charge is 0.429 e. The maximum absolute atomic E-state index is 10.4. The average molecular weight is 146 g/mol. The number of ether oxygens (including phenoxy) is 2. The number of hydrogen-bond donors (Lipinski definition) is 1. The van der Waals surface area contributed by atoms with Crippen LogP contribution in [0.2, 0.25) is 0 Å². The first-order chi connectivity index (χ1) is 4.81. The molecule has 0 aliphatic rings. The van der Waals surface area contributed by atoms with Crippen molar-refractivity contribution < 1.29 is 14.3 Å². The van der Waals surface area contributed by atoms with Crippen LogP contribution in [0.5, 0.6) is 0 Å². The van der Waals surface area contributed by atoms with E-state index < -0.39 is 6.09 Å². The highest BCUT2D eigenvalue weighted by Gasteiger charge is 1.95. The highest BCUT2D eigenvalue weighted by molar-refractivity contribution is 5.68. The maximum Gasteiger partial charge on any atom is 0.429 e. The van der Waals surface area contributed by atoms with Crippen molar-refractivity contribution >= 4 is 12.3 Å². The third-order valence-electron chi connectivity index (χ3n) is 0.593. The van der Waals surface area contributed by atoms with Crippen LogP contribution in [0.1, 0.15) is 6.92 Å². The number of hydrogen-bond acceptors (Lipinski definition) is 4. The van der Waals surface area contributed by atoms with Gasteiger partial charge in [0.15, 0.2) is 6.79 Å². The fourth-order valence-electron chi connectivity index (χ4n) is 0.262.